The summed E-state index contributed by atoms with van der Waals surface area (Å²) in [5.74, 6) is 2.91. The van der Waals surface area contributed by atoms with Crippen molar-refractivity contribution in [2.24, 2.45) is 11.7 Å². The Hall–Kier alpha value is -0.220. The van der Waals surface area contributed by atoms with Gasteiger partial charge in [0.25, 0.3) is 0 Å². The molecule has 3 N–H and O–H groups in total. The van der Waals surface area contributed by atoms with Crippen molar-refractivity contribution >= 4 is 17.6 Å². The van der Waals surface area contributed by atoms with Gasteiger partial charge in [0.2, 0.25) is 0 Å². The minimum atomic E-state index is 0.0687. The SMILES string of the molecule is N=C(N)C1CCOC2(CCSC2)C1. The van der Waals surface area contributed by atoms with Gasteiger partial charge in [0, 0.05) is 18.3 Å². The molecule has 0 aromatic carbocycles. The molecule has 2 atom stereocenters. The van der Waals surface area contributed by atoms with E-state index in [0.717, 1.165) is 31.6 Å². The van der Waals surface area contributed by atoms with Crippen LogP contribution in [0.5, 0.6) is 0 Å². The van der Waals surface area contributed by atoms with E-state index in [1.54, 1.807) is 0 Å². The lowest BCUT2D eigenvalue weighted by Crippen LogP contribution is -2.43. The highest BCUT2D eigenvalue weighted by molar-refractivity contribution is 7.99. The largest absolute Gasteiger partial charge is 0.387 e. The Morgan fingerprint density at radius 3 is 3.08 bits per heavy atom. The van der Waals surface area contributed by atoms with Gasteiger partial charge in [-0.25, -0.2) is 0 Å². The zero-order valence-electron chi connectivity index (χ0n) is 7.71. The highest BCUT2D eigenvalue weighted by atomic mass is 32.2. The second-order valence-corrected chi connectivity index (χ2v) is 5.08. The van der Waals surface area contributed by atoms with E-state index >= 15 is 0 Å². The van der Waals surface area contributed by atoms with E-state index in [4.69, 9.17) is 15.9 Å². The summed E-state index contributed by atoms with van der Waals surface area (Å²) in [6.45, 7) is 0.783. The Morgan fingerprint density at radius 1 is 1.62 bits per heavy atom. The zero-order chi connectivity index (χ0) is 9.31. The molecule has 0 saturated carbocycles. The molecule has 0 amide bonds. The molecule has 2 aliphatic rings. The predicted octanol–water partition coefficient (Wildman–Crippen LogP) is 1.22. The maximum Gasteiger partial charge on any atom is 0.0938 e. The minimum Gasteiger partial charge on any atom is -0.387 e. The molecule has 4 heteroatoms. The van der Waals surface area contributed by atoms with Crippen molar-refractivity contribution in [3.05, 3.63) is 0 Å². The molecule has 0 aromatic heterocycles. The van der Waals surface area contributed by atoms with Crippen LogP contribution in [0, 0.1) is 11.3 Å². The molecular formula is C9H16N2OS. The maximum absolute atomic E-state index is 7.45. The smallest absolute Gasteiger partial charge is 0.0938 e. The van der Waals surface area contributed by atoms with E-state index in [2.05, 4.69) is 0 Å². The summed E-state index contributed by atoms with van der Waals surface area (Å²) in [7, 11) is 0. The summed E-state index contributed by atoms with van der Waals surface area (Å²) in [5.41, 5.74) is 5.61. The number of hydrogen-bond acceptors (Lipinski definition) is 3. The monoisotopic (exact) mass is 200 g/mol. The quantitative estimate of drug-likeness (QED) is 0.494. The van der Waals surface area contributed by atoms with Crippen LogP contribution in [0.2, 0.25) is 0 Å². The Labute approximate surface area is 82.9 Å². The molecule has 0 aromatic rings. The molecular weight excluding hydrogens is 184 g/mol. The second kappa shape index (κ2) is 3.50. The van der Waals surface area contributed by atoms with Crippen molar-refractivity contribution in [3.8, 4) is 0 Å². The number of nitrogens with two attached hydrogens (primary N) is 1. The van der Waals surface area contributed by atoms with Gasteiger partial charge < -0.3 is 10.5 Å². The van der Waals surface area contributed by atoms with Crippen LogP contribution in [-0.4, -0.2) is 29.5 Å². The van der Waals surface area contributed by atoms with Crippen LogP contribution in [-0.2, 0) is 4.74 Å². The van der Waals surface area contributed by atoms with Gasteiger partial charge >= 0.3 is 0 Å². The van der Waals surface area contributed by atoms with Gasteiger partial charge in [-0.15, -0.1) is 0 Å². The third kappa shape index (κ3) is 1.83. The summed E-state index contributed by atoms with van der Waals surface area (Å²) < 4.78 is 5.83. The van der Waals surface area contributed by atoms with Crippen LogP contribution < -0.4 is 5.73 Å². The molecule has 13 heavy (non-hydrogen) atoms. The lowest BCUT2D eigenvalue weighted by molar-refractivity contribution is -0.0691. The fraction of sp³-hybridized carbons (Fsp3) is 0.889. The lowest BCUT2D eigenvalue weighted by Gasteiger charge is -2.37. The highest BCUT2D eigenvalue weighted by Gasteiger charge is 2.41. The van der Waals surface area contributed by atoms with Crippen molar-refractivity contribution in [2.45, 2.75) is 24.9 Å². The number of ether oxygens (including phenoxy) is 1. The number of hydrogen-bond donors (Lipinski definition) is 2. The Morgan fingerprint density at radius 2 is 2.46 bits per heavy atom. The van der Waals surface area contributed by atoms with Crippen LogP contribution in [0.4, 0.5) is 0 Å². The maximum atomic E-state index is 7.45. The Bertz CT molecular complexity index is 214. The standard InChI is InChI=1S/C9H16N2OS/c10-8(11)7-1-3-12-9(5-7)2-4-13-6-9/h7H,1-6H2,(H3,10,11). The first-order chi connectivity index (χ1) is 6.22. The van der Waals surface area contributed by atoms with E-state index in [-0.39, 0.29) is 11.5 Å². The average molecular weight is 200 g/mol. The zero-order valence-corrected chi connectivity index (χ0v) is 8.53. The molecule has 2 rings (SSSR count). The molecule has 74 valence electrons. The summed E-state index contributed by atoms with van der Waals surface area (Å²) in [6, 6.07) is 0. The number of nitrogens with one attached hydrogen (secondary N) is 1. The molecule has 2 heterocycles. The van der Waals surface area contributed by atoms with Gasteiger partial charge in [-0.1, -0.05) is 0 Å². The predicted molar refractivity (Wildman–Crippen MR) is 55.3 cm³/mol. The molecule has 0 aliphatic carbocycles. The second-order valence-electron chi connectivity index (χ2n) is 3.98. The highest BCUT2D eigenvalue weighted by Crippen LogP contribution is 2.40. The summed E-state index contributed by atoms with van der Waals surface area (Å²) >= 11 is 1.96. The fourth-order valence-electron chi connectivity index (χ4n) is 2.16. The van der Waals surface area contributed by atoms with Crippen LogP contribution in [0.3, 0.4) is 0 Å². The first kappa shape index (κ1) is 9.34. The van der Waals surface area contributed by atoms with E-state index in [1.165, 1.54) is 5.75 Å². The molecule has 2 saturated heterocycles. The van der Waals surface area contributed by atoms with Crippen LogP contribution in [0.1, 0.15) is 19.3 Å². The minimum absolute atomic E-state index is 0.0687. The fourth-order valence-corrected chi connectivity index (χ4v) is 3.53. The van der Waals surface area contributed by atoms with Crippen molar-refractivity contribution < 1.29 is 4.74 Å². The number of rotatable bonds is 1. The van der Waals surface area contributed by atoms with Gasteiger partial charge in [0.15, 0.2) is 0 Å². The first-order valence-corrected chi connectivity index (χ1v) is 5.93. The molecule has 0 bridgehead atoms. The van der Waals surface area contributed by atoms with Gasteiger partial charge in [-0.3, -0.25) is 5.41 Å². The average Bonchev–Trinajstić information content (AvgIpc) is 2.53. The van der Waals surface area contributed by atoms with Crippen molar-refractivity contribution in [1.29, 1.82) is 5.41 Å². The van der Waals surface area contributed by atoms with Crippen molar-refractivity contribution in [2.75, 3.05) is 18.1 Å². The summed E-state index contributed by atoms with van der Waals surface area (Å²) in [6.07, 6.45) is 3.04. The van der Waals surface area contributed by atoms with Crippen LogP contribution in [0.25, 0.3) is 0 Å². The number of thioether (sulfide) groups is 1. The van der Waals surface area contributed by atoms with Gasteiger partial charge in [0.1, 0.15) is 0 Å². The molecule has 3 nitrogen and oxygen atoms in total. The van der Waals surface area contributed by atoms with Gasteiger partial charge in [-0.2, -0.15) is 11.8 Å². The van der Waals surface area contributed by atoms with E-state index in [0.29, 0.717) is 5.84 Å². The van der Waals surface area contributed by atoms with E-state index in [1.807, 2.05) is 11.8 Å². The molecule has 2 fully saturated rings. The van der Waals surface area contributed by atoms with E-state index < -0.39 is 0 Å². The topological polar surface area (TPSA) is 59.1 Å². The normalized spacial score (nSPS) is 39.5. The molecule has 0 radical (unpaired) electrons. The third-order valence-corrected chi connectivity index (χ3v) is 4.22. The molecule has 1 spiro atoms. The number of amidine groups is 1. The van der Waals surface area contributed by atoms with Crippen LogP contribution in [0.15, 0.2) is 0 Å². The third-order valence-electron chi connectivity index (χ3n) is 3.00. The van der Waals surface area contributed by atoms with Crippen LogP contribution >= 0.6 is 11.8 Å². The van der Waals surface area contributed by atoms with Crippen molar-refractivity contribution in [1.82, 2.24) is 0 Å². The van der Waals surface area contributed by atoms with Gasteiger partial charge in [-0.05, 0) is 25.0 Å². The van der Waals surface area contributed by atoms with Crippen molar-refractivity contribution in [3.63, 3.8) is 0 Å². The summed E-state index contributed by atoms with van der Waals surface area (Å²) in [4.78, 5) is 0. The first-order valence-electron chi connectivity index (χ1n) is 4.77. The van der Waals surface area contributed by atoms with E-state index in [9.17, 15) is 0 Å². The lowest BCUT2D eigenvalue weighted by atomic mass is 9.85. The molecule has 2 aliphatic heterocycles. The summed E-state index contributed by atoms with van der Waals surface area (Å²) in [5, 5.41) is 7.45. The Kier molecular flexibility index (Phi) is 2.51. The molecule has 2 unspecified atom stereocenters. The Balaban J connectivity index is 2.02. The van der Waals surface area contributed by atoms with Gasteiger partial charge in [0.05, 0.1) is 11.4 Å².